The van der Waals surface area contributed by atoms with Crippen LogP contribution in [0, 0.1) is 0 Å². The number of likely N-dealkylation sites (N-methyl/N-ethyl adjacent to an activating group) is 1. The molecule has 0 heterocycles. The molecule has 0 amide bonds. The van der Waals surface area contributed by atoms with Gasteiger partial charge in [-0.1, -0.05) is 60.7 Å². The molecule has 0 fully saturated rings. The van der Waals surface area contributed by atoms with Gasteiger partial charge in [0.05, 0.1) is 6.61 Å². The van der Waals surface area contributed by atoms with Gasteiger partial charge in [0.25, 0.3) is 0 Å². The van der Waals surface area contributed by atoms with Gasteiger partial charge in [0.2, 0.25) is 0 Å². The molecule has 20 heavy (non-hydrogen) atoms. The van der Waals surface area contributed by atoms with Crippen molar-refractivity contribution in [1.82, 2.24) is 4.90 Å². The molecule has 0 aromatic heterocycles. The molecule has 3 heteroatoms. The Bertz CT molecular complexity index is 433. The Balaban J connectivity index is 0.00000200. The number of hydrogen-bond acceptors (Lipinski definition) is 2. The van der Waals surface area contributed by atoms with Crippen molar-refractivity contribution in [3.05, 3.63) is 71.8 Å². The van der Waals surface area contributed by atoms with Crippen molar-refractivity contribution >= 4 is 24.0 Å². The van der Waals surface area contributed by atoms with E-state index < -0.39 is 0 Å². The highest BCUT2D eigenvalue weighted by Gasteiger charge is 2.13. The van der Waals surface area contributed by atoms with Crippen molar-refractivity contribution in [1.29, 1.82) is 0 Å². The summed E-state index contributed by atoms with van der Waals surface area (Å²) < 4.78 is 6.08. The summed E-state index contributed by atoms with van der Waals surface area (Å²) in [6, 6.07) is 20.8. The highest BCUT2D eigenvalue weighted by molar-refractivity contribution is 14.0. The van der Waals surface area contributed by atoms with Crippen molar-refractivity contribution in [3.63, 3.8) is 0 Å². The van der Waals surface area contributed by atoms with E-state index in [1.165, 1.54) is 11.1 Å². The Hall–Kier alpha value is -0.910. The lowest BCUT2D eigenvalue weighted by molar-refractivity contribution is 0.0687. The van der Waals surface area contributed by atoms with Gasteiger partial charge in [0.15, 0.2) is 0 Å². The topological polar surface area (TPSA) is 12.5 Å². The second kappa shape index (κ2) is 9.10. The lowest BCUT2D eigenvalue weighted by atomic mass is 10.0. The molecular weight excluding hydrogens is 361 g/mol. The molecule has 0 N–H and O–H groups in total. The van der Waals surface area contributed by atoms with E-state index >= 15 is 0 Å². The van der Waals surface area contributed by atoms with Gasteiger partial charge in [-0.15, -0.1) is 24.0 Å². The summed E-state index contributed by atoms with van der Waals surface area (Å²) in [6.45, 7) is 1.65. The normalized spacial score (nSPS) is 10.6. The molecule has 0 saturated heterocycles. The molecule has 0 saturated carbocycles. The minimum Gasteiger partial charge on any atom is -0.367 e. The van der Waals surface area contributed by atoms with Crippen LogP contribution < -0.4 is 0 Å². The van der Waals surface area contributed by atoms with E-state index in [9.17, 15) is 0 Å². The first-order chi connectivity index (χ1) is 9.27. The highest BCUT2D eigenvalue weighted by atomic mass is 127. The third-order valence-corrected chi connectivity index (χ3v) is 3.03. The van der Waals surface area contributed by atoms with Gasteiger partial charge in [0, 0.05) is 6.54 Å². The Morgan fingerprint density at radius 2 is 1.30 bits per heavy atom. The second-order valence-electron chi connectivity index (χ2n) is 4.88. The lowest BCUT2D eigenvalue weighted by Gasteiger charge is -2.20. The van der Waals surface area contributed by atoms with Crippen LogP contribution in [0.25, 0.3) is 0 Å². The Morgan fingerprint density at radius 1 is 0.850 bits per heavy atom. The summed E-state index contributed by atoms with van der Waals surface area (Å²) >= 11 is 0. The molecule has 0 unspecified atom stereocenters. The summed E-state index contributed by atoms with van der Waals surface area (Å²) in [5, 5.41) is 0. The van der Waals surface area contributed by atoms with Gasteiger partial charge in [-0.05, 0) is 25.2 Å². The van der Waals surface area contributed by atoms with E-state index in [-0.39, 0.29) is 30.1 Å². The van der Waals surface area contributed by atoms with Crippen molar-refractivity contribution in [2.45, 2.75) is 6.10 Å². The summed E-state index contributed by atoms with van der Waals surface area (Å²) in [7, 11) is 4.12. The lowest BCUT2D eigenvalue weighted by Crippen LogP contribution is -2.20. The van der Waals surface area contributed by atoms with Crippen molar-refractivity contribution < 1.29 is 4.74 Å². The van der Waals surface area contributed by atoms with Gasteiger partial charge in [-0.2, -0.15) is 0 Å². The molecule has 2 aromatic carbocycles. The number of ether oxygens (including phenoxy) is 1. The van der Waals surface area contributed by atoms with Crippen LogP contribution in [-0.2, 0) is 4.74 Å². The van der Waals surface area contributed by atoms with Crippen LogP contribution >= 0.6 is 24.0 Å². The molecule has 0 aliphatic heterocycles. The quantitative estimate of drug-likeness (QED) is 0.700. The standard InChI is InChI=1S/C17H21NO.HI/c1-18(2)13-14-19-17(15-9-5-3-6-10-15)16-11-7-4-8-12-16;/h3-12,17H,13-14H2,1-2H3;1H. The molecule has 0 radical (unpaired) electrons. The first-order valence-electron chi connectivity index (χ1n) is 6.63. The molecule has 0 spiro atoms. The smallest absolute Gasteiger partial charge is 0.108 e. The fourth-order valence-corrected chi connectivity index (χ4v) is 1.99. The maximum Gasteiger partial charge on any atom is 0.108 e. The third-order valence-electron chi connectivity index (χ3n) is 3.03. The van der Waals surface area contributed by atoms with Gasteiger partial charge in [-0.25, -0.2) is 0 Å². The second-order valence-corrected chi connectivity index (χ2v) is 4.88. The van der Waals surface area contributed by atoms with E-state index in [1.54, 1.807) is 0 Å². The van der Waals surface area contributed by atoms with Gasteiger partial charge >= 0.3 is 0 Å². The predicted octanol–water partition coefficient (Wildman–Crippen LogP) is 3.97. The third kappa shape index (κ3) is 5.23. The zero-order valence-corrected chi connectivity index (χ0v) is 14.4. The predicted molar refractivity (Wildman–Crippen MR) is 94.6 cm³/mol. The Kier molecular flexibility index (Phi) is 7.80. The summed E-state index contributed by atoms with van der Waals surface area (Å²) in [4.78, 5) is 2.13. The number of hydrogen-bond donors (Lipinski definition) is 0. The van der Waals surface area contributed by atoms with E-state index in [1.807, 2.05) is 12.1 Å². The average molecular weight is 383 g/mol. The molecule has 0 aliphatic carbocycles. The minimum absolute atomic E-state index is 0. The first kappa shape index (κ1) is 17.1. The van der Waals surface area contributed by atoms with Crippen LogP contribution in [0.3, 0.4) is 0 Å². The van der Waals surface area contributed by atoms with Crippen LogP contribution in [0.15, 0.2) is 60.7 Å². The summed E-state index contributed by atoms with van der Waals surface area (Å²) in [6.07, 6.45) is 0.0161. The van der Waals surface area contributed by atoms with Gasteiger partial charge in [0.1, 0.15) is 6.10 Å². The average Bonchev–Trinajstić information content (AvgIpc) is 2.45. The maximum atomic E-state index is 6.08. The largest absolute Gasteiger partial charge is 0.367 e. The summed E-state index contributed by atoms with van der Waals surface area (Å²) in [5.41, 5.74) is 2.40. The molecule has 0 aliphatic rings. The number of benzene rings is 2. The Morgan fingerprint density at radius 3 is 1.70 bits per heavy atom. The molecule has 108 valence electrons. The van der Waals surface area contributed by atoms with E-state index in [4.69, 9.17) is 4.74 Å². The molecule has 2 aromatic rings. The van der Waals surface area contributed by atoms with Crippen LogP contribution in [0.4, 0.5) is 0 Å². The minimum atomic E-state index is 0. The number of rotatable bonds is 6. The van der Waals surface area contributed by atoms with Crippen LogP contribution in [-0.4, -0.2) is 32.1 Å². The first-order valence-corrected chi connectivity index (χ1v) is 6.63. The monoisotopic (exact) mass is 383 g/mol. The maximum absolute atomic E-state index is 6.08. The molecular formula is C17H22INO. The fraction of sp³-hybridized carbons (Fsp3) is 0.294. The summed E-state index contributed by atoms with van der Waals surface area (Å²) in [5.74, 6) is 0. The van der Waals surface area contributed by atoms with Gasteiger partial charge < -0.3 is 9.64 Å². The molecule has 0 atom stereocenters. The zero-order valence-electron chi connectivity index (χ0n) is 12.0. The molecule has 2 rings (SSSR count). The van der Waals surface area contributed by atoms with Crippen LogP contribution in [0.5, 0.6) is 0 Å². The fourth-order valence-electron chi connectivity index (χ4n) is 1.99. The molecule has 0 bridgehead atoms. The van der Waals surface area contributed by atoms with Crippen molar-refractivity contribution in [2.75, 3.05) is 27.2 Å². The van der Waals surface area contributed by atoms with Gasteiger partial charge in [-0.3, -0.25) is 0 Å². The SMILES string of the molecule is CN(C)CCOC(c1ccccc1)c1ccccc1.I. The zero-order chi connectivity index (χ0) is 13.5. The van der Waals surface area contributed by atoms with Crippen molar-refractivity contribution in [2.24, 2.45) is 0 Å². The van der Waals surface area contributed by atoms with E-state index in [2.05, 4.69) is 67.5 Å². The van der Waals surface area contributed by atoms with Crippen LogP contribution in [0.1, 0.15) is 17.2 Å². The Labute approximate surface area is 138 Å². The molecule has 2 nitrogen and oxygen atoms in total. The van der Waals surface area contributed by atoms with Crippen molar-refractivity contribution in [3.8, 4) is 0 Å². The van der Waals surface area contributed by atoms with E-state index in [0.29, 0.717) is 0 Å². The van der Waals surface area contributed by atoms with E-state index in [0.717, 1.165) is 13.2 Å². The van der Waals surface area contributed by atoms with Crippen LogP contribution in [0.2, 0.25) is 0 Å². The number of halogens is 1. The highest BCUT2D eigenvalue weighted by Crippen LogP contribution is 2.25. The number of nitrogens with zero attached hydrogens (tertiary/aromatic N) is 1.